The zero-order chi connectivity index (χ0) is 17.5. The molecular formula is C18H20FN3O3. The van der Waals surface area contributed by atoms with Crippen LogP contribution in [0.4, 0.5) is 4.39 Å². The van der Waals surface area contributed by atoms with Crippen LogP contribution in [0.3, 0.4) is 0 Å². The van der Waals surface area contributed by atoms with Gasteiger partial charge in [-0.3, -0.25) is 4.79 Å². The molecule has 1 amide bonds. The van der Waals surface area contributed by atoms with E-state index >= 15 is 0 Å². The summed E-state index contributed by atoms with van der Waals surface area (Å²) in [6.45, 7) is 1.33. The molecule has 2 heterocycles. The van der Waals surface area contributed by atoms with Crippen LogP contribution in [0.5, 0.6) is 5.75 Å². The molecule has 132 valence electrons. The fourth-order valence-corrected chi connectivity index (χ4v) is 2.69. The topological polar surface area (TPSA) is 64.5 Å². The van der Waals surface area contributed by atoms with Gasteiger partial charge in [0.15, 0.2) is 18.2 Å². The number of benzene rings is 1. The number of nitrogens with zero attached hydrogens (tertiary/aromatic N) is 3. The molecule has 1 aromatic heterocycles. The van der Waals surface area contributed by atoms with Crippen molar-refractivity contribution in [2.45, 2.75) is 18.9 Å². The van der Waals surface area contributed by atoms with Gasteiger partial charge >= 0.3 is 0 Å². The first-order valence-electron chi connectivity index (χ1n) is 8.24. The van der Waals surface area contributed by atoms with Gasteiger partial charge in [-0.2, -0.15) is 0 Å². The number of carbonyl (C=O) groups excluding carboxylic acids is 1. The Morgan fingerprint density at radius 3 is 3.04 bits per heavy atom. The summed E-state index contributed by atoms with van der Waals surface area (Å²) >= 11 is 0. The van der Waals surface area contributed by atoms with Crippen LogP contribution in [0, 0.1) is 5.82 Å². The molecule has 0 aliphatic carbocycles. The van der Waals surface area contributed by atoms with Crippen LogP contribution in [-0.2, 0) is 16.0 Å². The SMILES string of the molecule is O=C(COc1ccccc1F)N1CCO[C@@H](CCc2ccncn2)C1. The first-order chi connectivity index (χ1) is 12.2. The number of hydrogen-bond acceptors (Lipinski definition) is 5. The monoisotopic (exact) mass is 345 g/mol. The highest BCUT2D eigenvalue weighted by Crippen LogP contribution is 2.16. The van der Waals surface area contributed by atoms with Crippen molar-refractivity contribution in [2.24, 2.45) is 0 Å². The molecule has 0 unspecified atom stereocenters. The Morgan fingerprint density at radius 1 is 1.36 bits per heavy atom. The number of aromatic nitrogens is 2. The zero-order valence-corrected chi connectivity index (χ0v) is 13.8. The number of hydrogen-bond donors (Lipinski definition) is 0. The second-order valence-corrected chi connectivity index (χ2v) is 5.79. The number of para-hydroxylation sites is 1. The third-order valence-corrected chi connectivity index (χ3v) is 4.04. The average molecular weight is 345 g/mol. The maximum absolute atomic E-state index is 13.5. The standard InChI is InChI=1S/C18H20FN3O3/c19-16-3-1-2-4-17(16)25-12-18(23)22-9-10-24-15(11-22)6-5-14-7-8-20-13-21-14/h1-4,7-8,13,15H,5-6,9-12H2/t15-/m0/s1. The van der Waals surface area contributed by atoms with Crippen molar-refractivity contribution >= 4 is 5.91 Å². The number of aryl methyl sites for hydroxylation is 1. The molecule has 6 nitrogen and oxygen atoms in total. The molecule has 0 bridgehead atoms. The van der Waals surface area contributed by atoms with Crippen molar-refractivity contribution in [3.05, 3.63) is 54.4 Å². The van der Waals surface area contributed by atoms with E-state index in [4.69, 9.17) is 9.47 Å². The molecule has 1 aliphatic heterocycles. The molecule has 7 heteroatoms. The van der Waals surface area contributed by atoms with E-state index in [0.29, 0.717) is 19.7 Å². The second-order valence-electron chi connectivity index (χ2n) is 5.79. The summed E-state index contributed by atoms with van der Waals surface area (Å²) in [6.07, 6.45) is 4.73. The molecule has 3 rings (SSSR count). The Kier molecular flexibility index (Phi) is 5.90. The quantitative estimate of drug-likeness (QED) is 0.799. The summed E-state index contributed by atoms with van der Waals surface area (Å²) in [5.74, 6) is -0.553. The van der Waals surface area contributed by atoms with Crippen LogP contribution in [0.25, 0.3) is 0 Å². The van der Waals surface area contributed by atoms with Crippen molar-refractivity contribution < 1.29 is 18.7 Å². The largest absolute Gasteiger partial charge is 0.481 e. The minimum absolute atomic E-state index is 0.0406. The van der Waals surface area contributed by atoms with E-state index in [-0.39, 0.29) is 24.4 Å². The molecule has 1 atom stereocenters. The Balaban J connectivity index is 1.47. The highest BCUT2D eigenvalue weighted by Gasteiger charge is 2.24. The highest BCUT2D eigenvalue weighted by atomic mass is 19.1. The first kappa shape index (κ1) is 17.3. The van der Waals surface area contributed by atoms with Gasteiger partial charge in [-0.1, -0.05) is 12.1 Å². The van der Waals surface area contributed by atoms with Crippen LogP contribution in [0.1, 0.15) is 12.1 Å². The molecule has 0 radical (unpaired) electrons. The van der Waals surface area contributed by atoms with Gasteiger partial charge in [-0.05, 0) is 31.0 Å². The third kappa shape index (κ3) is 4.96. The molecular weight excluding hydrogens is 325 g/mol. The molecule has 1 aromatic carbocycles. The van der Waals surface area contributed by atoms with Gasteiger partial charge in [0.2, 0.25) is 0 Å². The van der Waals surface area contributed by atoms with Gasteiger partial charge < -0.3 is 14.4 Å². The van der Waals surface area contributed by atoms with Crippen molar-refractivity contribution in [1.29, 1.82) is 0 Å². The Morgan fingerprint density at radius 2 is 2.24 bits per heavy atom. The van der Waals surface area contributed by atoms with E-state index in [0.717, 1.165) is 18.5 Å². The van der Waals surface area contributed by atoms with Crippen LogP contribution in [-0.4, -0.2) is 53.2 Å². The maximum atomic E-state index is 13.5. The maximum Gasteiger partial charge on any atom is 0.260 e. The molecule has 0 N–H and O–H groups in total. The number of morpholine rings is 1. The van der Waals surface area contributed by atoms with Crippen molar-refractivity contribution in [1.82, 2.24) is 14.9 Å². The summed E-state index contributed by atoms with van der Waals surface area (Å²) in [5, 5.41) is 0. The van der Waals surface area contributed by atoms with Gasteiger partial charge in [-0.25, -0.2) is 14.4 Å². The minimum Gasteiger partial charge on any atom is -0.481 e. The summed E-state index contributed by atoms with van der Waals surface area (Å²) < 4.78 is 24.5. The van der Waals surface area contributed by atoms with Gasteiger partial charge in [0.05, 0.1) is 12.7 Å². The lowest BCUT2D eigenvalue weighted by Gasteiger charge is -2.33. The van der Waals surface area contributed by atoms with Crippen LogP contribution < -0.4 is 4.74 Å². The Labute approximate surface area is 145 Å². The zero-order valence-electron chi connectivity index (χ0n) is 13.8. The fraction of sp³-hybridized carbons (Fsp3) is 0.389. The summed E-state index contributed by atoms with van der Waals surface area (Å²) in [4.78, 5) is 22.1. The molecule has 0 spiro atoms. The highest BCUT2D eigenvalue weighted by molar-refractivity contribution is 5.77. The third-order valence-electron chi connectivity index (χ3n) is 4.04. The van der Waals surface area contributed by atoms with Crippen LogP contribution >= 0.6 is 0 Å². The van der Waals surface area contributed by atoms with E-state index in [1.165, 1.54) is 18.5 Å². The molecule has 1 aliphatic rings. The molecule has 25 heavy (non-hydrogen) atoms. The second kappa shape index (κ2) is 8.53. The predicted octanol–water partition coefficient (Wildman–Crippen LogP) is 1.85. The molecule has 1 saturated heterocycles. The molecule has 2 aromatic rings. The van der Waals surface area contributed by atoms with Crippen molar-refractivity contribution in [3.63, 3.8) is 0 Å². The minimum atomic E-state index is -0.472. The molecule has 0 saturated carbocycles. The van der Waals surface area contributed by atoms with Gasteiger partial charge in [-0.15, -0.1) is 0 Å². The first-order valence-corrected chi connectivity index (χ1v) is 8.24. The van der Waals surface area contributed by atoms with Gasteiger partial charge in [0.25, 0.3) is 5.91 Å². The summed E-state index contributed by atoms with van der Waals surface area (Å²) in [5.41, 5.74) is 0.949. The van der Waals surface area contributed by atoms with Crippen molar-refractivity contribution in [2.75, 3.05) is 26.3 Å². The van der Waals surface area contributed by atoms with Crippen LogP contribution in [0.2, 0.25) is 0 Å². The smallest absolute Gasteiger partial charge is 0.260 e. The van der Waals surface area contributed by atoms with Gasteiger partial charge in [0, 0.05) is 25.0 Å². The average Bonchev–Trinajstić information content (AvgIpc) is 2.66. The fourth-order valence-electron chi connectivity index (χ4n) is 2.69. The lowest BCUT2D eigenvalue weighted by molar-refractivity contribution is -0.141. The lowest BCUT2D eigenvalue weighted by Crippen LogP contribution is -2.47. The summed E-state index contributed by atoms with van der Waals surface area (Å²) in [6, 6.07) is 7.92. The predicted molar refractivity (Wildman–Crippen MR) is 88.6 cm³/mol. The lowest BCUT2D eigenvalue weighted by atomic mass is 10.1. The number of carbonyl (C=O) groups is 1. The normalized spacial score (nSPS) is 17.3. The number of rotatable bonds is 6. The van der Waals surface area contributed by atoms with Crippen LogP contribution in [0.15, 0.2) is 42.9 Å². The Bertz CT molecular complexity index is 699. The van der Waals surface area contributed by atoms with E-state index in [2.05, 4.69) is 9.97 Å². The Hall–Kier alpha value is -2.54. The number of halogens is 1. The molecule has 1 fully saturated rings. The van der Waals surface area contributed by atoms with Crippen molar-refractivity contribution in [3.8, 4) is 5.75 Å². The number of amides is 1. The van der Waals surface area contributed by atoms with Gasteiger partial charge in [0.1, 0.15) is 6.33 Å². The van der Waals surface area contributed by atoms with E-state index in [1.54, 1.807) is 23.2 Å². The summed E-state index contributed by atoms with van der Waals surface area (Å²) in [7, 11) is 0. The van der Waals surface area contributed by atoms with E-state index < -0.39 is 5.82 Å². The van der Waals surface area contributed by atoms with E-state index in [9.17, 15) is 9.18 Å². The number of ether oxygens (including phenoxy) is 2. The van der Waals surface area contributed by atoms with E-state index in [1.807, 2.05) is 6.07 Å².